The van der Waals surface area contributed by atoms with E-state index in [1.807, 2.05) is 24.3 Å². The molecule has 0 bridgehead atoms. The minimum atomic E-state index is 0.391. The highest BCUT2D eigenvalue weighted by Gasteiger charge is 2.12. The molecule has 0 aliphatic rings. The van der Waals surface area contributed by atoms with Gasteiger partial charge in [0.15, 0.2) is 0 Å². The lowest BCUT2D eigenvalue weighted by molar-refractivity contribution is 0.466. The maximum Gasteiger partial charge on any atom is 0.131 e. The first-order valence-electron chi connectivity index (χ1n) is 6.97. The molecule has 0 heterocycles. The van der Waals surface area contributed by atoms with Crippen LogP contribution in [0.25, 0.3) is 0 Å². The van der Waals surface area contributed by atoms with Gasteiger partial charge in [0.1, 0.15) is 11.5 Å². The van der Waals surface area contributed by atoms with E-state index in [0.717, 1.165) is 32.4 Å². The van der Waals surface area contributed by atoms with Gasteiger partial charge in [-0.15, -0.1) is 0 Å². The third kappa shape index (κ3) is 4.31. The highest BCUT2D eigenvalue weighted by Crippen LogP contribution is 2.35. The van der Waals surface area contributed by atoms with Crippen LogP contribution in [0, 0.1) is 0 Å². The lowest BCUT2D eigenvalue weighted by Gasteiger charge is -2.16. The van der Waals surface area contributed by atoms with Gasteiger partial charge in [-0.3, -0.25) is 0 Å². The third-order valence-corrected chi connectivity index (χ3v) is 4.24. The molecule has 2 aromatic carbocycles. The van der Waals surface area contributed by atoms with Crippen molar-refractivity contribution in [2.75, 3.05) is 6.54 Å². The monoisotopic (exact) mass is 411 g/mol. The number of halogens is 2. The number of nitrogens with two attached hydrogens (primary N) is 1. The molecule has 0 radical (unpaired) electrons. The lowest BCUT2D eigenvalue weighted by atomic mass is 10.0. The molecular weight excluding hydrogens is 394 g/mol. The quantitative estimate of drug-likeness (QED) is 0.690. The topological polar surface area (TPSA) is 35.2 Å². The summed E-state index contributed by atoms with van der Waals surface area (Å²) in [6.07, 6.45) is 0.802. The largest absolute Gasteiger partial charge is 0.457 e. The maximum atomic E-state index is 6.18. The number of hydrogen-bond donors (Lipinski definition) is 1. The van der Waals surface area contributed by atoms with Crippen LogP contribution in [-0.4, -0.2) is 6.54 Å². The Bertz CT molecular complexity index is 626. The Labute approximate surface area is 143 Å². The Balaban J connectivity index is 2.40. The SMILES string of the molecule is CC(C)c1cc(Br)ccc1Oc1cc(Br)ccc1CCN. The van der Waals surface area contributed by atoms with Crippen LogP contribution >= 0.6 is 31.9 Å². The van der Waals surface area contributed by atoms with Gasteiger partial charge in [0.25, 0.3) is 0 Å². The van der Waals surface area contributed by atoms with Crippen LogP contribution < -0.4 is 10.5 Å². The molecule has 112 valence electrons. The van der Waals surface area contributed by atoms with Gasteiger partial charge in [-0.05, 0) is 60.3 Å². The highest BCUT2D eigenvalue weighted by molar-refractivity contribution is 9.10. The average molecular weight is 413 g/mol. The molecular formula is C17H19Br2NO. The van der Waals surface area contributed by atoms with Gasteiger partial charge in [-0.25, -0.2) is 0 Å². The van der Waals surface area contributed by atoms with E-state index in [0.29, 0.717) is 12.5 Å². The van der Waals surface area contributed by atoms with Crippen LogP contribution in [0.2, 0.25) is 0 Å². The molecule has 0 saturated heterocycles. The Morgan fingerprint density at radius 3 is 2.33 bits per heavy atom. The van der Waals surface area contributed by atoms with Crippen molar-refractivity contribution < 1.29 is 4.74 Å². The maximum absolute atomic E-state index is 6.18. The Hall–Kier alpha value is -0.840. The standard InChI is InChI=1S/C17H19Br2NO/c1-11(2)15-9-13(18)5-6-16(15)21-17-10-14(19)4-3-12(17)7-8-20/h3-6,9-11H,7-8,20H2,1-2H3. The summed E-state index contributed by atoms with van der Waals surface area (Å²) < 4.78 is 8.25. The Morgan fingerprint density at radius 2 is 1.67 bits per heavy atom. The minimum absolute atomic E-state index is 0.391. The van der Waals surface area contributed by atoms with E-state index >= 15 is 0 Å². The summed E-state index contributed by atoms with van der Waals surface area (Å²) in [5, 5.41) is 0. The molecule has 4 heteroatoms. The first kappa shape index (κ1) is 16.5. The van der Waals surface area contributed by atoms with Crippen LogP contribution in [0.5, 0.6) is 11.5 Å². The van der Waals surface area contributed by atoms with Gasteiger partial charge < -0.3 is 10.5 Å². The molecule has 21 heavy (non-hydrogen) atoms. The molecule has 0 aliphatic carbocycles. The summed E-state index contributed by atoms with van der Waals surface area (Å²) in [4.78, 5) is 0. The summed E-state index contributed by atoms with van der Waals surface area (Å²) in [7, 11) is 0. The predicted octanol–water partition coefficient (Wildman–Crippen LogP) is 5.63. The molecule has 0 saturated carbocycles. The van der Waals surface area contributed by atoms with Crippen molar-refractivity contribution in [3.8, 4) is 11.5 Å². The molecule has 0 amide bonds. The zero-order chi connectivity index (χ0) is 15.4. The summed E-state index contributed by atoms with van der Waals surface area (Å²) in [6.45, 7) is 4.93. The van der Waals surface area contributed by atoms with E-state index < -0.39 is 0 Å². The molecule has 0 aromatic heterocycles. The highest BCUT2D eigenvalue weighted by atomic mass is 79.9. The number of benzene rings is 2. The van der Waals surface area contributed by atoms with Crippen molar-refractivity contribution in [2.24, 2.45) is 5.73 Å². The zero-order valence-corrected chi connectivity index (χ0v) is 15.4. The van der Waals surface area contributed by atoms with Crippen molar-refractivity contribution >= 4 is 31.9 Å². The summed E-state index contributed by atoms with van der Waals surface area (Å²) in [6, 6.07) is 12.2. The van der Waals surface area contributed by atoms with Crippen molar-refractivity contribution in [1.29, 1.82) is 0 Å². The molecule has 0 spiro atoms. The van der Waals surface area contributed by atoms with E-state index in [2.05, 4.69) is 57.8 Å². The van der Waals surface area contributed by atoms with Crippen LogP contribution in [0.1, 0.15) is 30.9 Å². The van der Waals surface area contributed by atoms with E-state index in [9.17, 15) is 0 Å². The van der Waals surface area contributed by atoms with Crippen molar-refractivity contribution in [2.45, 2.75) is 26.2 Å². The van der Waals surface area contributed by atoms with Crippen LogP contribution in [0.4, 0.5) is 0 Å². The number of rotatable bonds is 5. The fourth-order valence-electron chi connectivity index (χ4n) is 2.17. The molecule has 2 nitrogen and oxygen atoms in total. The number of hydrogen-bond acceptors (Lipinski definition) is 2. The van der Waals surface area contributed by atoms with E-state index in [1.54, 1.807) is 0 Å². The molecule has 0 atom stereocenters. The predicted molar refractivity (Wildman–Crippen MR) is 95.2 cm³/mol. The van der Waals surface area contributed by atoms with Crippen molar-refractivity contribution in [3.63, 3.8) is 0 Å². The summed E-state index contributed by atoms with van der Waals surface area (Å²) in [5.74, 6) is 2.14. The number of ether oxygens (including phenoxy) is 1. The molecule has 0 unspecified atom stereocenters. The van der Waals surface area contributed by atoms with Gasteiger partial charge in [0, 0.05) is 8.95 Å². The second-order valence-electron chi connectivity index (χ2n) is 5.23. The Kier molecular flexibility index (Phi) is 5.85. The van der Waals surface area contributed by atoms with Crippen LogP contribution in [0.15, 0.2) is 45.3 Å². The van der Waals surface area contributed by atoms with Crippen LogP contribution in [0.3, 0.4) is 0 Å². The first-order chi connectivity index (χ1) is 10.0. The second-order valence-corrected chi connectivity index (χ2v) is 7.06. The fraction of sp³-hybridized carbons (Fsp3) is 0.294. The first-order valence-corrected chi connectivity index (χ1v) is 8.55. The van der Waals surface area contributed by atoms with E-state index in [4.69, 9.17) is 10.5 Å². The smallest absolute Gasteiger partial charge is 0.131 e. The zero-order valence-electron chi connectivity index (χ0n) is 12.2. The third-order valence-electron chi connectivity index (χ3n) is 3.26. The van der Waals surface area contributed by atoms with Gasteiger partial charge in [0.2, 0.25) is 0 Å². The average Bonchev–Trinajstić information content (AvgIpc) is 2.43. The van der Waals surface area contributed by atoms with Gasteiger partial charge in [-0.2, -0.15) is 0 Å². The Morgan fingerprint density at radius 1 is 1.00 bits per heavy atom. The fourth-order valence-corrected chi connectivity index (χ4v) is 2.89. The minimum Gasteiger partial charge on any atom is -0.457 e. The summed E-state index contributed by atoms with van der Waals surface area (Å²) in [5.41, 5.74) is 7.99. The molecule has 2 aromatic rings. The van der Waals surface area contributed by atoms with Gasteiger partial charge in [-0.1, -0.05) is 51.8 Å². The van der Waals surface area contributed by atoms with Gasteiger partial charge in [0.05, 0.1) is 0 Å². The van der Waals surface area contributed by atoms with E-state index in [-0.39, 0.29) is 0 Å². The molecule has 0 aliphatic heterocycles. The van der Waals surface area contributed by atoms with Crippen molar-refractivity contribution in [1.82, 2.24) is 0 Å². The molecule has 2 rings (SSSR count). The lowest BCUT2D eigenvalue weighted by Crippen LogP contribution is -2.04. The van der Waals surface area contributed by atoms with Gasteiger partial charge >= 0.3 is 0 Å². The molecule has 0 fully saturated rings. The van der Waals surface area contributed by atoms with Crippen LogP contribution in [-0.2, 0) is 6.42 Å². The second kappa shape index (κ2) is 7.43. The molecule has 2 N–H and O–H groups in total. The summed E-state index contributed by atoms with van der Waals surface area (Å²) >= 11 is 7.02. The normalized spacial score (nSPS) is 11.0. The van der Waals surface area contributed by atoms with Crippen molar-refractivity contribution in [3.05, 3.63) is 56.5 Å². The van der Waals surface area contributed by atoms with E-state index in [1.165, 1.54) is 5.56 Å².